The molecule has 0 fully saturated rings. The Morgan fingerprint density at radius 2 is 1.89 bits per heavy atom. The van der Waals surface area contributed by atoms with Crippen LogP contribution in [0.2, 0.25) is 0 Å². The lowest BCUT2D eigenvalue weighted by molar-refractivity contribution is 0.383. The van der Waals surface area contributed by atoms with Crippen molar-refractivity contribution in [3.05, 3.63) is 24.0 Å². The highest BCUT2D eigenvalue weighted by molar-refractivity contribution is 5.70. The fraction of sp³-hybridized carbons (Fsp3) is 0.385. The smallest absolute Gasteiger partial charge is 0.265 e. The quantitative estimate of drug-likeness (QED) is 0.890. The Labute approximate surface area is 111 Å². The second kappa shape index (κ2) is 5.71. The first kappa shape index (κ1) is 13.4. The zero-order valence-electron chi connectivity index (χ0n) is 11.2. The molecule has 0 aliphatic carbocycles. The largest absolute Gasteiger partial charge is 0.496 e. The summed E-state index contributed by atoms with van der Waals surface area (Å²) in [7, 11) is 3.15. The van der Waals surface area contributed by atoms with Crippen molar-refractivity contribution in [1.82, 2.24) is 10.1 Å². The van der Waals surface area contributed by atoms with Crippen LogP contribution in [0.5, 0.6) is 11.5 Å². The first-order valence-electron chi connectivity index (χ1n) is 6.01. The lowest BCUT2D eigenvalue weighted by atomic mass is 10.1. The van der Waals surface area contributed by atoms with Crippen LogP contribution in [0.4, 0.5) is 0 Å². The van der Waals surface area contributed by atoms with E-state index in [9.17, 15) is 0 Å². The number of nitrogens with two attached hydrogens (primary N) is 1. The third-order valence-electron chi connectivity index (χ3n) is 2.85. The molecule has 0 radical (unpaired) electrons. The van der Waals surface area contributed by atoms with Gasteiger partial charge in [-0.1, -0.05) is 18.1 Å². The lowest BCUT2D eigenvalue weighted by Gasteiger charge is -2.09. The Bertz CT molecular complexity index is 532. The van der Waals surface area contributed by atoms with E-state index < -0.39 is 0 Å². The average Bonchev–Trinajstić information content (AvgIpc) is 2.94. The van der Waals surface area contributed by atoms with Crippen molar-refractivity contribution in [2.75, 3.05) is 14.2 Å². The maximum absolute atomic E-state index is 5.88. The molecule has 0 spiro atoms. The minimum Gasteiger partial charge on any atom is -0.496 e. The van der Waals surface area contributed by atoms with E-state index in [1.807, 2.05) is 25.1 Å². The van der Waals surface area contributed by atoms with E-state index in [1.54, 1.807) is 14.2 Å². The molecule has 2 rings (SSSR count). The van der Waals surface area contributed by atoms with Crippen LogP contribution in [-0.4, -0.2) is 24.4 Å². The number of rotatable bonds is 5. The summed E-state index contributed by atoms with van der Waals surface area (Å²) in [5.74, 6) is 2.04. The van der Waals surface area contributed by atoms with Gasteiger partial charge in [0.15, 0.2) is 5.82 Å². The molecular weight excluding hydrogens is 246 g/mol. The van der Waals surface area contributed by atoms with Crippen LogP contribution in [0.1, 0.15) is 25.2 Å². The molecule has 0 saturated carbocycles. The van der Waals surface area contributed by atoms with Crippen molar-refractivity contribution in [3.8, 4) is 23.0 Å². The zero-order chi connectivity index (χ0) is 13.8. The number of aromatic nitrogens is 2. The highest BCUT2D eigenvalue weighted by Crippen LogP contribution is 2.37. The van der Waals surface area contributed by atoms with Gasteiger partial charge >= 0.3 is 0 Å². The van der Waals surface area contributed by atoms with Crippen LogP contribution in [0.3, 0.4) is 0 Å². The number of benzene rings is 1. The van der Waals surface area contributed by atoms with Crippen LogP contribution in [0, 0.1) is 0 Å². The molecule has 1 heterocycles. The topological polar surface area (TPSA) is 83.4 Å². The Morgan fingerprint density at radius 1 is 1.26 bits per heavy atom. The molecule has 6 heteroatoms. The molecule has 1 atom stereocenters. The molecule has 2 aromatic rings. The summed E-state index contributed by atoms with van der Waals surface area (Å²) in [4.78, 5) is 4.31. The molecule has 1 unspecified atom stereocenters. The van der Waals surface area contributed by atoms with Crippen molar-refractivity contribution in [2.24, 2.45) is 5.73 Å². The first-order chi connectivity index (χ1) is 9.21. The van der Waals surface area contributed by atoms with E-state index in [-0.39, 0.29) is 6.04 Å². The predicted molar refractivity (Wildman–Crippen MR) is 70.1 cm³/mol. The van der Waals surface area contributed by atoms with Gasteiger partial charge in [-0.15, -0.1) is 0 Å². The number of hydrogen-bond acceptors (Lipinski definition) is 6. The van der Waals surface area contributed by atoms with E-state index in [1.165, 1.54) is 0 Å². The molecule has 0 saturated heterocycles. The van der Waals surface area contributed by atoms with Crippen LogP contribution in [0.15, 0.2) is 22.7 Å². The maximum atomic E-state index is 5.88. The SMILES string of the molecule is CCC(N)c1noc(-c2c(OC)cccc2OC)n1. The van der Waals surface area contributed by atoms with Crippen molar-refractivity contribution >= 4 is 0 Å². The van der Waals surface area contributed by atoms with Gasteiger partial charge in [0.1, 0.15) is 17.1 Å². The molecular formula is C13H17N3O3. The number of nitrogens with zero attached hydrogens (tertiary/aromatic N) is 2. The molecule has 2 N–H and O–H groups in total. The van der Waals surface area contributed by atoms with Gasteiger partial charge in [0.05, 0.1) is 20.3 Å². The van der Waals surface area contributed by atoms with Crippen LogP contribution < -0.4 is 15.2 Å². The second-order valence-electron chi connectivity index (χ2n) is 4.01. The molecule has 1 aromatic carbocycles. The molecule has 1 aromatic heterocycles. The summed E-state index contributed by atoms with van der Waals surface area (Å²) in [5.41, 5.74) is 6.51. The Balaban J connectivity index is 2.48. The number of hydrogen-bond donors (Lipinski definition) is 1. The Kier molecular flexibility index (Phi) is 4.01. The van der Waals surface area contributed by atoms with Crippen LogP contribution >= 0.6 is 0 Å². The van der Waals surface area contributed by atoms with Gasteiger partial charge in [-0.05, 0) is 18.6 Å². The second-order valence-corrected chi connectivity index (χ2v) is 4.01. The summed E-state index contributed by atoms with van der Waals surface area (Å²) in [6, 6.07) is 5.21. The van der Waals surface area contributed by atoms with E-state index in [2.05, 4.69) is 10.1 Å². The van der Waals surface area contributed by atoms with Gasteiger partial charge in [-0.25, -0.2) is 0 Å². The molecule has 6 nitrogen and oxygen atoms in total. The Morgan fingerprint density at radius 3 is 2.42 bits per heavy atom. The fourth-order valence-corrected chi connectivity index (χ4v) is 1.73. The minimum atomic E-state index is -0.238. The van der Waals surface area contributed by atoms with E-state index >= 15 is 0 Å². The van der Waals surface area contributed by atoms with Gasteiger partial charge < -0.3 is 19.7 Å². The van der Waals surface area contributed by atoms with Gasteiger partial charge in [-0.2, -0.15) is 4.98 Å². The monoisotopic (exact) mass is 263 g/mol. The summed E-state index contributed by atoms with van der Waals surface area (Å²) in [6.45, 7) is 1.96. The maximum Gasteiger partial charge on any atom is 0.265 e. The summed E-state index contributed by atoms with van der Waals surface area (Å²) >= 11 is 0. The standard InChI is InChI=1S/C13H17N3O3/c1-4-8(14)12-15-13(19-16-12)11-9(17-2)6-5-7-10(11)18-3/h5-8H,4,14H2,1-3H3. The molecule has 0 aliphatic heterocycles. The normalized spacial score (nSPS) is 12.2. The lowest BCUT2D eigenvalue weighted by Crippen LogP contribution is -2.10. The van der Waals surface area contributed by atoms with Crippen molar-refractivity contribution in [2.45, 2.75) is 19.4 Å². The zero-order valence-corrected chi connectivity index (χ0v) is 11.2. The fourth-order valence-electron chi connectivity index (χ4n) is 1.73. The average molecular weight is 263 g/mol. The summed E-state index contributed by atoms with van der Waals surface area (Å²) < 4.78 is 15.9. The molecule has 0 amide bonds. The van der Waals surface area contributed by atoms with Gasteiger partial charge in [0.2, 0.25) is 0 Å². The summed E-state index contributed by atoms with van der Waals surface area (Å²) in [6.07, 6.45) is 0.738. The predicted octanol–water partition coefficient (Wildman–Crippen LogP) is 2.16. The molecule has 0 aliphatic rings. The van der Waals surface area contributed by atoms with Crippen molar-refractivity contribution in [3.63, 3.8) is 0 Å². The van der Waals surface area contributed by atoms with Gasteiger partial charge in [0.25, 0.3) is 5.89 Å². The highest BCUT2D eigenvalue weighted by atomic mass is 16.5. The molecule has 19 heavy (non-hydrogen) atoms. The van der Waals surface area contributed by atoms with E-state index in [0.29, 0.717) is 28.8 Å². The number of methoxy groups -OCH3 is 2. The van der Waals surface area contributed by atoms with E-state index in [4.69, 9.17) is 19.7 Å². The molecule has 0 bridgehead atoms. The van der Waals surface area contributed by atoms with Gasteiger partial charge in [-0.3, -0.25) is 0 Å². The summed E-state index contributed by atoms with van der Waals surface area (Å²) in [5, 5.41) is 3.89. The van der Waals surface area contributed by atoms with Crippen molar-refractivity contribution < 1.29 is 14.0 Å². The Hall–Kier alpha value is -2.08. The van der Waals surface area contributed by atoms with Crippen LogP contribution in [-0.2, 0) is 0 Å². The van der Waals surface area contributed by atoms with E-state index in [0.717, 1.165) is 6.42 Å². The number of ether oxygens (including phenoxy) is 2. The van der Waals surface area contributed by atoms with Crippen molar-refractivity contribution in [1.29, 1.82) is 0 Å². The van der Waals surface area contributed by atoms with Gasteiger partial charge in [0, 0.05) is 0 Å². The molecule has 102 valence electrons. The highest BCUT2D eigenvalue weighted by Gasteiger charge is 2.20. The van der Waals surface area contributed by atoms with Crippen LogP contribution in [0.25, 0.3) is 11.5 Å². The first-order valence-corrected chi connectivity index (χ1v) is 6.01. The third-order valence-corrected chi connectivity index (χ3v) is 2.85. The third kappa shape index (κ3) is 2.53. The minimum absolute atomic E-state index is 0.238.